The monoisotopic (exact) mass is 674 g/mol. The van der Waals surface area contributed by atoms with Crippen LogP contribution in [0.1, 0.15) is 27.8 Å². The lowest BCUT2D eigenvalue weighted by atomic mass is 10.1. The molecule has 0 aromatic heterocycles. The largest absolute Gasteiger partial charge is 0.493 e. The van der Waals surface area contributed by atoms with Gasteiger partial charge in [0.25, 0.3) is 11.8 Å². The zero-order valence-corrected chi connectivity index (χ0v) is 26.5. The van der Waals surface area contributed by atoms with Gasteiger partial charge in [-0.2, -0.15) is 0 Å². The minimum Gasteiger partial charge on any atom is -0.493 e. The number of urea groups is 1. The molecule has 1 saturated heterocycles. The molecule has 0 saturated carbocycles. The Morgan fingerprint density at radius 2 is 1.64 bits per heavy atom. The van der Waals surface area contributed by atoms with E-state index in [9.17, 15) is 14.4 Å². The van der Waals surface area contributed by atoms with Crippen LogP contribution < -0.4 is 24.4 Å². The third-order valence-corrected chi connectivity index (χ3v) is 8.02. The van der Waals surface area contributed by atoms with Crippen molar-refractivity contribution in [3.63, 3.8) is 0 Å². The van der Waals surface area contributed by atoms with E-state index in [-0.39, 0.29) is 17.9 Å². The van der Waals surface area contributed by atoms with Crippen LogP contribution in [-0.2, 0) is 22.8 Å². The van der Waals surface area contributed by atoms with Crippen LogP contribution in [0.5, 0.6) is 17.2 Å². The summed E-state index contributed by atoms with van der Waals surface area (Å²) in [5, 5.41) is 2.83. The van der Waals surface area contributed by atoms with Gasteiger partial charge in [0, 0.05) is 10.6 Å². The zero-order valence-electron chi connectivity index (χ0n) is 24.1. The van der Waals surface area contributed by atoms with Gasteiger partial charge in [-0.15, -0.1) is 0 Å². The summed E-state index contributed by atoms with van der Waals surface area (Å²) in [6.45, 7) is 4.66. The maximum absolute atomic E-state index is 13.5. The Morgan fingerprint density at radius 3 is 2.34 bits per heavy atom. The molecule has 0 radical (unpaired) electrons. The number of hydrogen-bond acceptors (Lipinski definition) is 6. The summed E-state index contributed by atoms with van der Waals surface area (Å²) in [6.07, 6.45) is 1.40. The summed E-state index contributed by atoms with van der Waals surface area (Å²) in [6, 6.07) is 22.3. The van der Waals surface area contributed by atoms with Gasteiger partial charge in [0.2, 0.25) is 0 Å². The predicted octanol–water partition coefficient (Wildman–Crippen LogP) is 7.55. The van der Waals surface area contributed by atoms with Gasteiger partial charge in [0.15, 0.2) is 11.5 Å². The van der Waals surface area contributed by atoms with Crippen LogP contribution in [0.3, 0.4) is 0 Å². The molecule has 4 amide bonds. The van der Waals surface area contributed by atoms with Crippen LogP contribution in [0.4, 0.5) is 10.5 Å². The van der Waals surface area contributed by atoms with Gasteiger partial charge in [-0.05, 0) is 101 Å². The Kier molecular flexibility index (Phi) is 9.37. The number of rotatable bonds is 9. The third kappa shape index (κ3) is 6.79. The van der Waals surface area contributed by atoms with Crippen LogP contribution in [0, 0.1) is 13.8 Å². The molecule has 1 N–H and O–H groups in total. The summed E-state index contributed by atoms with van der Waals surface area (Å²) >= 11 is 9.72. The van der Waals surface area contributed by atoms with E-state index >= 15 is 0 Å². The molecule has 44 heavy (non-hydrogen) atoms. The number of imide groups is 2. The van der Waals surface area contributed by atoms with Gasteiger partial charge in [-0.3, -0.25) is 14.9 Å². The van der Waals surface area contributed by atoms with E-state index in [1.807, 2.05) is 37.3 Å². The molecule has 1 aliphatic heterocycles. The number of amides is 4. The van der Waals surface area contributed by atoms with Crippen molar-refractivity contribution < 1.29 is 28.6 Å². The van der Waals surface area contributed by atoms with Crippen molar-refractivity contribution in [1.29, 1.82) is 0 Å². The van der Waals surface area contributed by atoms with Crippen molar-refractivity contribution >= 4 is 57.1 Å². The van der Waals surface area contributed by atoms with Crippen molar-refractivity contribution in [3.05, 3.63) is 122 Å². The van der Waals surface area contributed by atoms with Crippen LogP contribution >= 0.6 is 27.5 Å². The zero-order chi connectivity index (χ0) is 31.4. The second kappa shape index (κ2) is 13.4. The topological polar surface area (TPSA) is 94.2 Å². The van der Waals surface area contributed by atoms with E-state index in [1.54, 1.807) is 42.5 Å². The van der Waals surface area contributed by atoms with Crippen LogP contribution in [0.2, 0.25) is 5.02 Å². The Labute approximate surface area is 268 Å². The molecule has 1 fully saturated rings. The number of benzene rings is 4. The van der Waals surface area contributed by atoms with Gasteiger partial charge >= 0.3 is 6.03 Å². The number of ether oxygens (including phenoxy) is 3. The molecule has 224 valence electrons. The second-order valence-corrected chi connectivity index (χ2v) is 11.3. The summed E-state index contributed by atoms with van der Waals surface area (Å²) in [5.74, 6) is -0.183. The van der Waals surface area contributed by atoms with Gasteiger partial charge < -0.3 is 14.2 Å². The lowest BCUT2D eigenvalue weighted by Crippen LogP contribution is -2.54. The lowest BCUT2D eigenvalue weighted by molar-refractivity contribution is -0.122. The summed E-state index contributed by atoms with van der Waals surface area (Å²) in [5.41, 5.74) is 4.72. The Balaban J connectivity index is 1.34. The number of nitrogens with one attached hydrogen (secondary N) is 1. The highest BCUT2D eigenvalue weighted by Gasteiger charge is 2.37. The van der Waals surface area contributed by atoms with E-state index in [4.69, 9.17) is 25.8 Å². The quantitative estimate of drug-likeness (QED) is 0.145. The Bertz CT molecular complexity index is 1790. The standard InChI is InChI=1S/C34H28BrClN2O6/c1-20-8-9-22(14-21(20)2)18-44-31-28(35)16-23(17-30(31)42-3)15-27-32(39)37-34(41)38(33(27)40)25-10-12-26(13-11-25)43-19-24-6-4-5-7-29(24)36/h4-17H,18-19H2,1-3H3,(H,37,39,41)/b27-15+. The van der Waals surface area contributed by atoms with Crippen molar-refractivity contribution in [2.75, 3.05) is 12.0 Å². The molecule has 0 spiro atoms. The number of aryl methyl sites for hydroxylation is 2. The van der Waals surface area contributed by atoms with Crippen molar-refractivity contribution in [3.8, 4) is 17.2 Å². The SMILES string of the molecule is COc1cc(/C=C2\C(=O)NC(=O)N(c3ccc(OCc4ccccc4Cl)cc3)C2=O)cc(Br)c1OCc1ccc(C)c(C)c1. The maximum Gasteiger partial charge on any atom is 0.335 e. The summed E-state index contributed by atoms with van der Waals surface area (Å²) < 4.78 is 18.0. The number of hydrogen-bond donors (Lipinski definition) is 1. The number of barbiturate groups is 1. The molecular weight excluding hydrogens is 648 g/mol. The third-order valence-electron chi connectivity index (χ3n) is 7.07. The minimum absolute atomic E-state index is 0.221. The van der Waals surface area contributed by atoms with Gasteiger partial charge in [0.05, 0.1) is 17.3 Å². The van der Waals surface area contributed by atoms with Gasteiger partial charge in [-0.25, -0.2) is 9.69 Å². The molecule has 0 atom stereocenters. The predicted molar refractivity (Wildman–Crippen MR) is 172 cm³/mol. The number of carbonyl (C=O) groups is 3. The van der Waals surface area contributed by atoms with E-state index in [0.717, 1.165) is 16.0 Å². The van der Waals surface area contributed by atoms with E-state index in [2.05, 4.69) is 34.2 Å². The molecule has 0 unspecified atom stereocenters. The first-order valence-electron chi connectivity index (χ1n) is 13.6. The molecule has 4 aromatic rings. The molecule has 1 heterocycles. The van der Waals surface area contributed by atoms with Crippen LogP contribution in [0.15, 0.2) is 88.9 Å². The molecule has 5 rings (SSSR count). The van der Waals surface area contributed by atoms with Gasteiger partial charge in [0.1, 0.15) is 24.5 Å². The molecule has 0 aliphatic carbocycles. The van der Waals surface area contributed by atoms with Crippen molar-refractivity contribution in [2.45, 2.75) is 27.1 Å². The van der Waals surface area contributed by atoms with E-state index in [1.165, 1.54) is 24.3 Å². The first-order chi connectivity index (χ1) is 21.1. The molecule has 1 aliphatic rings. The summed E-state index contributed by atoms with van der Waals surface area (Å²) in [4.78, 5) is 39.9. The van der Waals surface area contributed by atoms with Crippen LogP contribution in [0.25, 0.3) is 6.08 Å². The average molecular weight is 676 g/mol. The molecule has 8 nitrogen and oxygen atoms in total. The van der Waals surface area contributed by atoms with Crippen molar-refractivity contribution in [1.82, 2.24) is 5.32 Å². The summed E-state index contributed by atoms with van der Waals surface area (Å²) in [7, 11) is 1.50. The maximum atomic E-state index is 13.5. The number of carbonyl (C=O) groups excluding carboxylic acids is 3. The number of methoxy groups -OCH3 is 1. The van der Waals surface area contributed by atoms with Crippen molar-refractivity contribution in [2.24, 2.45) is 0 Å². The second-order valence-electron chi connectivity index (χ2n) is 10.1. The Hall–Kier alpha value is -4.60. The smallest absolute Gasteiger partial charge is 0.335 e. The number of halogens is 2. The van der Waals surface area contributed by atoms with E-state index < -0.39 is 17.8 Å². The fourth-order valence-electron chi connectivity index (χ4n) is 4.54. The average Bonchev–Trinajstić information content (AvgIpc) is 3.00. The highest BCUT2D eigenvalue weighted by molar-refractivity contribution is 9.10. The normalized spacial score (nSPS) is 14.1. The lowest BCUT2D eigenvalue weighted by Gasteiger charge is -2.26. The minimum atomic E-state index is -0.851. The fraction of sp³-hybridized carbons (Fsp3) is 0.147. The molecule has 0 bridgehead atoms. The fourth-order valence-corrected chi connectivity index (χ4v) is 5.30. The number of anilines is 1. The van der Waals surface area contributed by atoms with Gasteiger partial charge in [-0.1, -0.05) is 48.0 Å². The first kappa shape index (κ1) is 30.8. The highest BCUT2D eigenvalue weighted by Crippen LogP contribution is 2.38. The van der Waals surface area contributed by atoms with E-state index in [0.29, 0.717) is 38.9 Å². The first-order valence-corrected chi connectivity index (χ1v) is 14.8. The molecule has 4 aromatic carbocycles. The highest BCUT2D eigenvalue weighted by atomic mass is 79.9. The molecule has 10 heteroatoms. The Morgan fingerprint density at radius 1 is 0.886 bits per heavy atom. The molecular formula is C34H28BrClN2O6. The number of nitrogens with zero attached hydrogens (tertiary/aromatic N) is 1. The van der Waals surface area contributed by atoms with Crippen LogP contribution in [-0.4, -0.2) is 25.0 Å².